The summed E-state index contributed by atoms with van der Waals surface area (Å²) in [6.07, 6.45) is 4.52. The molecule has 1 heterocycles. The first-order chi connectivity index (χ1) is 14.0. The molecule has 7 nitrogen and oxygen atoms in total. The van der Waals surface area contributed by atoms with Gasteiger partial charge >= 0.3 is 0 Å². The molecule has 1 aliphatic carbocycles. The summed E-state index contributed by atoms with van der Waals surface area (Å²) in [5.74, 6) is 1.07. The van der Waals surface area contributed by atoms with Crippen LogP contribution in [0.5, 0.6) is 5.75 Å². The predicted octanol–water partition coefficient (Wildman–Crippen LogP) is 4.30. The van der Waals surface area contributed by atoms with Crippen molar-refractivity contribution < 1.29 is 13.9 Å². The number of amides is 1. The Morgan fingerprint density at radius 3 is 2.62 bits per heavy atom. The van der Waals surface area contributed by atoms with Gasteiger partial charge in [-0.3, -0.25) is 4.79 Å². The van der Waals surface area contributed by atoms with Crippen LogP contribution in [0.25, 0.3) is 11.5 Å². The van der Waals surface area contributed by atoms with Crippen LogP contribution in [-0.2, 0) is 4.79 Å². The maximum atomic E-state index is 12.9. The van der Waals surface area contributed by atoms with Crippen LogP contribution in [0.3, 0.4) is 0 Å². The lowest BCUT2D eigenvalue weighted by molar-refractivity contribution is -0.133. The zero-order chi connectivity index (χ0) is 20.9. The first-order valence-electron chi connectivity index (χ1n) is 9.91. The SMILES string of the molecule is CCOc1ccc(-c2nnc(S[C@H](C)C(=O)N(C)C3(C#N)CCCCC3)o2)cc1. The van der Waals surface area contributed by atoms with E-state index < -0.39 is 10.8 Å². The Kier molecular flexibility index (Phi) is 6.80. The van der Waals surface area contributed by atoms with Crippen molar-refractivity contribution >= 4 is 17.7 Å². The zero-order valence-electron chi connectivity index (χ0n) is 17.1. The van der Waals surface area contributed by atoms with Crippen LogP contribution in [0.2, 0.25) is 0 Å². The Hall–Kier alpha value is -2.53. The smallest absolute Gasteiger partial charge is 0.277 e. The quantitative estimate of drug-likeness (QED) is 0.624. The molecule has 0 radical (unpaired) electrons. The lowest BCUT2D eigenvalue weighted by atomic mass is 9.81. The van der Waals surface area contributed by atoms with Gasteiger partial charge in [0.15, 0.2) is 0 Å². The van der Waals surface area contributed by atoms with E-state index in [4.69, 9.17) is 9.15 Å². The highest BCUT2D eigenvalue weighted by atomic mass is 32.2. The summed E-state index contributed by atoms with van der Waals surface area (Å²) in [5, 5.41) is 17.8. The molecule has 0 spiro atoms. The van der Waals surface area contributed by atoms with Crippen LogP contribution in [0, 0.1) is 11.3 Å². The summed E-state index contributed by atoms with van der Waals surface area (Å²) < 4.78 is 11.2. The minimum Gasteiger partial charge on any atom is -0.494 e. The molecular weight excluding hydrogens is 388 g/mol. The molecule has 1 aromatic carbocycles. The van der Waals surface area contributed by atoms with Gasteiger partial charge in [0.1, 0.15) is 11.3 Å². The minimum absolute atomic E-state index is 0.0979. The van der Waals surface area contributed by atoms with E-state index in [0.29, 0.717) is 17.7 Å². The molecule has 1 amide bonds. The van der Waals surface area contributed by atoms with Gasteiger partial charge in [0, 0.05) is 12.6 Å². The monoisotopic (exact) mass is 414 g/mol. The maximum Gasteiger partial charge on any atom is 0.277 e. The summed E-state index contributed by atoms with van der Waals surface area (Å²) in [5.41, 5.74) is 0.0847. The molecule has 0 N–H and O–H groups in total. The third kappa shape index (κ3) is 4.73. The second kappa shape index (κ2) is 9.31. The van der Waals surface area contributed by atoms with E-state index in [-0.39, 0.29) is 5.91 Å². The first-order valence-corrected chi connectivity index (χ1v) is 10.8. The van der Waals surface area contributed by atoms with Gasteiger partial charge in [0.05, 0.1) is 17.9 Å². The highest BCUT2D eigenvalue weighted by Gasteiger charge is 2.40. The van der Waals surface area contributed by atoms with Gasteiger partial charge in [-0.1, -0.05) is 31.0 Å². The summed E-state index contributed by atoms with van der Waals surface area (Å²) in [4.78, 5) is 14.6. The van der Waals surface area contributed by atoms with E-state index in [2.05, 4.69) is 16.3 Å². The molecule has 1 atom stereocenters. The summed E-state index contributed by atoms with van der Waals surface area (Å²) in [6.45, 7) is 4.34. The number of rotatable bonds is 7. The molecule has 8 heteroatoms. The normalized spacial score (nSPS) is 16.6. The second-order valence-corrected chi connectivity index (χ2v) is 8.48. The molecule has 2 aromatic rings. The molecular formula is C21H26N4O3S. The van der Waals surface area contributed by atoms with Crippen molar-refractivity contribution in [3.8, 4) is 23.3 Å². The van der Waals surface area contributed by atoms with Crippen LogP contribution in [0.1, 0.15) is 46.0 Å². The van der Waals surface area contributed by atoms with Crippen LogP contribution < -0.4 is 4.74 Å². The number of hydrogen-bond acceptors (Lipinski definition) is 7. The van der Waals surface area contributed by atoms with Crippen LogP contribution in [0.4, 0.5) is 0 Å². The number of nitriles is 1. The van der Waals surface area contributed by atoms with Crippen molar-refractivity contribution in [3.05, 3.63) is 24.3 Å². The van der Waals surface area contributed by atoms with Crippen molar-refractivity contribution in [3.63, 3.8) is 0 Å². The Bertz CT molecular complexity index is 869. The molecule has 29 heavy (non-hydrogen) atoms. The van der Waals surface area contributed by atoms with Crippen LogP contribution >= 0.6 is 11.8 Å². The van der Waals surface area contributed by atoms with Crippen molar-refractivity contribution in [1.29, 1.82) is 5.26 Å². The molecule has 3 rings (SSSR count). The van der Waals surface area contributed by atoms with Gasteiger partial charge in [-0.15, -0.1) is 10.2 Å². The molecule has 0 unspecified atom stereocenters. The van der Waals surface area contributed by atoms with E-state index in [9.17, 15) is 10.1 Å². The number of nitrogens with zero attached hydrogens (tertiary/aromatic N) is 4. The van der Waals surface area contributed by atoms with Gasteiger partial charge in [-0.25, -0.2) is 0 Å². The lowest BCUT2D eigenvalue weighted by Gasteiger charge is -2.39. The molecule has 1 fully saturated rings. The summed E-state index contributed by atoms with van der Waals surface area (Å²) in [7, 11) is 1.73. The van der Waals surface area contributed by atoms with Crippen LogP contribution in [0.15, 0.2) is 33.9 Å². The maximum absolute atomic E-state index is 12.9. The Balaban J connectivity index is 1.65. The lowest BCUT2D eigenvalue weighted by Crippen LogP contribution is -2.52. The number of carbonyl (C=O) groups excluding carboxylic acids is 1. The highest BCUT2D eigenvalue weighted by molar-refractivity contribution is 8.00. The molecule has 0 bridgehead atoms. The molecule has 0 saturated heterocycles. The number of benzene rings is 1. The van der Waals surface area contributed by atoms with E-state index in [1.807, 2.05) is 31.2 Å². The standard InChI is InChI=1S/C21H26N4O3S/c1-4-27-17-10-8-16(9-11-17)18-23-24-20(28-18)29-15(2)19(26)25(3)21(14-22)12-6-5-7-13-21/h8-11,15H,4-7,12-13H2,1-3H3/t15-/m1/s1. The van der Waals surface area contributed by atoms with Gasteiger partial charge < -0.3 is 14.1 Å². The van der Waals surface area contributed by atoms with Crippen molar-refractivity contribution in [1.82, 2.24) is 15.1 Å². The number of ether oxygens (including phenoxy) is 1. The zero-order valence-corrected chi connectivity index (χ0v) is 17.9. The highest BCUT2D eigenvalue weighted by Crippen LogP contribution is 2.35. The number of hydrogen-bond donors (Lipinski definition) is 0. The fourth-order valence-electron chi connectivity index (χ4n) is 3.58. The van der Waals surface area contributed by atoms with Crippen molar-refractivity contribution in [2.24, 2.45) is 0 Å². The Labute approximate surface area is 175 Å². The topological polar surface area (TPSA) is 92.3 Å². The van der Waals surface area contributed by atoms with E-state index in [1.165, 1.54) is 11.8 Å². The van der Waals surface area contributed by atoms with Gasteiger partial charge in [-0.05, 0) is 51.0 Å². The van der Waals surface area contributed by atoms with Crippen molar-refractivity contribution in [2.45, 2.75) is 62.0 Å². The summed E-state index contributed by atoms with van der Waals surface area (Å²) in [6, 6.07) is 9.80. The molecule has 1 aromatic heterocycles. The molecule has 1 aliphatic rings. The minimum atomic E-state index is -0.702. The fraction of sp³-hybridized carbons (Fsp3) is 0.524. The number of thioether (sulfide) groups is 1. The Morgan fingerprint density at radius 2 is 2.00 bits per heavy atom. The predicted molar refractivity (Wildman–Crippen MR) is 110 cm³/mol. The van der Waals surface area contributed by atoms with E-state index in [0.717, 1.165) is 43.4 Å². The number of aromatic nitrogens is 2. The van der Waals surface area contributed by atoms with Gasteiger partial charge in [0.2, 0.25) is 11.8 Å². The molecule has 154 valence electrons. The van der Waals surface area contributed by atoms with Crippen LogP contribution in [-0.4, -0.2) is 45.4 Å². The average molecular weight is 415 g/mol. The fourth-order valence-corrected chi connectivity index (χ4v) is 4.36. The van der Waals surface area contributed by atoms with Gasteiger partial charge in [-0.2, -0.15) is 5.26 Å². The van der Waals surface area contributed by atoms with Crippen molar-refractivity contribution in [2.75, 3.05) is 13.7 Å². The number of carbonyl (C=O) groups is 1. The van der Waals surface area contributed by atoms with Gasteiger partial charge in [0.25, 0.3) is 5.22 Å². The van der Waals surface area contributed by atoms with E-state index in [1.54, 1.807) is 18.9 Å². The largest absolute Gasteiger partial charge is 0.494 e. The second-order valence-electron chi connectivity index (χ2n) is 7.19. The molecule has 0 aliphatic heterocycles. The van der Waals surface area contributed by atoms with E-state index >= 15 is 0 Å². The third-order valence-corrected chi connectivity index (χ3v) is 6.23. The third-order valence-electron chi connectivity index (χ3n) is 5.31. The first kappa shape index (κ1) is 21.2. The Morgan fingerprint density at radius 1 is 1.31 bits per heavy atom. The average Bonchev–Trinajstić information content (AvgIpc) is 3.22. The summed E-state index contributed by atoms with van der Waals surface area (Å²) >= 11 is 1.21. The molecule has 1 saturated carbocycles.